The van der Waals surface area contributed by atoms with E-state index >= 15 is 0 Å². The monoisotopic (exact) mass is 239 g/mol. The fraction of sp³-hybridized carbons (Fsp3) is 0.750. The van der Waals surface area contributed by atoms with Crippen LogP contribution in [0.15, 0.2) is 18.7 Å². The molecule has 0 saturated carbocycles. The second-order valence-electron chi connectivity index (χ2n) is 4.43. The third kappa shape index (κ3) is 3.52. The van der Waals surface area contributed by atoms with Crippen molar-refractivity contribution < 1.29 is 0 Å². The van der Waals surface area contributed by atoms with Gasteiger partial charge >= 0.3 is 0 Å². The number of unbranched alkanes of at least 4 members (excludes halogenated alkanes) is 1. The summed E-state index contributed by atoms with van der Waals surface area (Å²) in [5.74, 6) is 1.33. The predicted molar refractivity (Wildman–Crippen MR) is 69.8 cm³/mol. The van der Waals surface area contributed by atoms with Gasteiger partial charge < -0.3 is 9.88 Å². The molecule has 1 fully saturated rings. The van der Waals surface area contributed by atoms with Gasteiger partial charge in [0.1, 0.15) is 0 Å². The van der Waals surface area contributed by atoms with E-state index in [0.29, 0.717) is 0 Å². The van der Waals surface area contributed by atoms with Gasteiger partial charge in [-0.15, -0.1) is 0 Å². The standard InChI is InChI=1S/C12H21N3S/c1-11-12(4-9-16-11)14-5-2-3-7-15-8-6-13-10-15/h6,8,10-12,14H,2-5,7,9H2,1H3. The minimum Gasteiger partial charge on any atom is -0.337 e. The number of imidazole rings is 1. The summed E-state index contributed by atoms with van der Waals surface area (Å²) in [6.45, 7) is 4.59. The van der Waals surface area contributed by atoms with Crippen LogP contribution in [-0.4, -0.2) is 33.1 Å². The van der Waals surface area contributed by atoms with Crippen LogP contribution in [0.4, 0.5) is 0 Å². The molecule has 90 valence electrons. The molecule has 0 aliphatic carbocycles. The Kier molecular flexibility index (Phi) is 4.72. The van der Waals surface area contributed by atoms with E-state index in [0.717, 1.165) is 24.4 Å². The van der Waals surface area contributed by atoms with E-state index in [-0.39, 0.29) is 0 Å². The minimum atomic E-state index is 0.748. The Morgan fingerprint density at radius 2 is 2.44 bits per heavy atom. The molecule has 16 heavy (non-hydrogen) atoms. The molecule has 2 rings (SSSR count). The van der Waals surface area contributed by atoms with Crippen molar-refractivity contribution in [1.29, 1.82) is 0 Å². The second-order valence-corrected chi connectivity index (χ2v) is 5.92. The van der Waals surface area contributed by atoms with Crippen LogP contribution in [0.1, 0.15) is 26.2 Å². The molecule has 3 nitrogen and oxygen atoms in total. The Morgan fingerprint density at radius 1 is 1.50 bits per heavy atom. The van der Waals surface area contributed by atoms with Crippen molar-refractivity contribution in [2.45, 2.75) is 44.0 Å². The summed E-state index contributed by atoms with van der Waals surface area (Å²) in [5, 5.41) is 4.47. The Morgan fingerprint density at radius 3 is 3.12 bits per heavy atom. The number of hydrogen-bond acceptors (Lipinski definition) is 3. The minimum absolute atomic E-state index is 0.748. The van der Waals surface area contributed by atoms with Crippen LogP contribution in [0, 0.1) is 0 Å². The molecular formula is C12H21N3S. The number of nitrogens with one attached hydrogen (secondary N) is 1. The van der Waals surface area contributed by atoms with Crippen molar-refractivity contribution in [3.63, 3.8) is 0 Å². The van der Waals surface area contributed by atoms with Crippen LogP contribution >= 0.6 is 11.8 Å². The molecule has 0 spiro atoms. The van der Waals surface area contributed by atoms with Crippen molar-refractivity contribution >= 4 is 11.8 Å². The lowest BCUT2D eigenvalue weighted by Gasteiger charge is -2.16. The number of hydrogen-bond donors (Lipinski definition) is 1. The summed E-state index contributed by atoms with van der Waals surface area (Å²) in [6.07, 6.45) is 9.60. The Hall–Kier alpha value is -0.480. The first-order valence-electron chi connectivity index (χ1n) is 6.17. The maximum absolute atomic E-state index is 4.04. The number of rotatable bonds is 6. The van der Waals surface area contributed by atoms with E-state index in [4.69, 9.17) is 0 Å². The summed E-state index contributed by atoms with van der Waals surface area (Å²) >= 11 is 2.09. The van der Waals surface area contributed by atoms with E-state index in [1.54, 1.807) is 0 Å². The summed E-state index contributed by atoms with van der Waals surface area (Å²) in [5.41, 5.74) is 0. The Labute approximate surface area is 102 Å². The average molecular weight is 239 g/mol. The highest BCUT2D eigenvalue weighted by Gasteiger charge is 2.22. The molecule has 1 N–H and O–H groups in total. The zero-order chi connectivity index (χ0) is 11.2. The summed E-state index contributed by atoms with van der Waals surface area (Å²) in [7, 11) is 0. The van der Waals surface area contributed by atoms with Gasteiger partial charge in [-0.3, -0.25) is 0 Å². The van der Waals surface area contributed by atoms with Crippen molar-refractivity contribution in [2.75, 3.05) is 12.3 Å². The summed E-state index contributed by atoms with van der Waals surface area (Å²) in [6, 6.07) is 0.748. The molecule has 1 aromatic rings. The molecule has 1 aliphatic rings. The van der Waals surface area contributed by atoms with Crippen LogP contribution in [-0.2, 0) is 6.54 Å². The average Bonchev–Trinajstić information content (AvgIpc) is 2.90. The van der Waals surface area contributed by atoms with Gasteiger partial charge in [-0.1, -0.05) is 6.92 Å². The van der Waals surface area contributed by atoms with Crippen LogP contribution in [0.3, 0.4) is 0 Å². The molecule has 0 amide bonds. The van der Waals surface area contributed by atoms with Gasteiger partial charge in [0.2, 0.25) is 0 Å². The summed E-state index contributed by atoms with van der Waals surface area (Å²) < 4.78 is 2.15. The highest BCUT2D eigenvalue weighted by atomic mass is 32.2. The molecule has 0 radical (unpaired) electrons. The molecular weight excluding hydrogens is 218 g/mol. The first-order chi connectivity index (χ1) is 7.86. The Bertz CT molecular complexity index is 286. The maximum atomic E-state index is 4.04. The molecule has 1 aliphatic heterocycles. The fourth-order valence-corrected chi connectivity index (χ4v) is 3.35. The molecule has 2 unspecified atom stereocenters. The smallest absolute Gasteiger partial charge is 0.0945 e. The van der Waals surface area contributed by atoms with Gasteiger partial charge in [0, 0.05) is 30.2 Å². The van der Waals surface area contributed by atoms with Crippen LogP contribution in [0.5, 0.6) is 0 Å². The van der Waals surface area contributed by atoms with E-state index in [9.17, 15) is 0 Å². The van der Waals surface area contributed by atoms with Crippen molar-refractivity contribution in [1.82, 2.24) is 14.9 Å². The molecule has 0 aromatic carbocycles. The highest BCUT2D eigenvalue weighted by molar-refractivity contribution is 8.00. The normalized spacial score (nSPS) is 25.1. The van der Waals surface area contributed by atoms with Crippen LogP contribution in [0.2, 0.25) is 0 Å². The lowest BCUT2D eigenvalue weighted by atomic mass is 10.1. The first-order valence-corrected chi connectivity index (χ1v) is 7.22. The van der Waals surface area contributed by atoms with Gasteiger partial charge in [-0.25, -0.2) is 4.98 Å². The van der Waals surface area contributed by atoms with E-state index in [1.807, 2.05) is 18.7 Å². The van der Waals surface area contributed by atoms with Crippen molar-refractivity contribution in [3.05, 3.63) is 18.7 Å². The van der Waals surface area contributed by atoms with Crippen molar-refractivity contribution in [2.24, 2.45) is 0 Å². The lowest BCUT2D eigenvalue weighted by Crippen LogP contribution is -2.34. The van der Waals surface area contributed by atoms with Crippen molar-refractivity contribution in [3.8, 4) is 0 Å². The molecule has 1 aromatic heterocycles. The van der Waals surface area contributed by atoms with Gasteiger partial charge in [-0.05, 0) is 31.6 Å². The number of thioether (sulfide) groups is 1. The topological polar surface area (TPSA) is 29.9 Å². The molecule has 2 heterocycles. The zero-order valence-corrected chi connectivity index (χ0v) is 10.7. The SMILES string of the molecule is CC1SCCC1NCCCCn1ccnc1. The quantitative estimate of drug-likeness (QED) is 0.771. The largest absolute Gasteiger partial charge is 0.337 e. The third-order valence-electron chi connectivity index (χ3n) is 3.19. The van der Waals surface area contributed by atoms with Gasteiger partial charge in [0.25, 0.3) is 0 Å². The van der Waals surface area contributed by atoms with E-state index in [2.05, 4.69) is 33.6 Å². The highest BCUT2D eigenvalue weighted by Crippen LogP contribution is 2.25. The first kappa shape index (κ1) is 12.0. The molecule has 4 heteroatoms. The van der Waals surface area contributed by atoms with Gasteiger partial charge in [-0.2, -0.15) is 11.8 Å². The van der Waals surface area contributed by atoms with Gasteiger partial charge in [0.15, 0.2) is 0 Å². The Balaban J connectivity index is 1.52. The number of aryl methyl sites for hydroxylation is 1. The van der Waals surface area contributed by atoms with E-state index < -0.39 is 0 Å². The zero-order valence-electron chi connectivity index (χ0n) is 9.93. The number of nitrogens with zero attached hydrogens (tertiary/aromatic N) is 2. The molecule has 1 saturated heterocycles. The molecule has 2 atom stereocenters. The predicted octanol–water partition coefficient (Wildman–Crippen LogP) is 2.15. The van der Waals surface area contributed by atoms with E-state index in [1.165, 1.54) is 25.0 Å². The lowest BCUT2D eigenvalue weighted by molar-refractivity contribution is 0.487. The van der Waals surface area contributed by atoms with Crippen LogP contribution in [0.25, 0.3) is 0 Å². The number of aromatic nitrogens is 2. The second kappa shape index (κ2) is 6.30. The third-order valence-corrected chi connectivity index (χ3v) is 4.51. The summed E-state index contributed by atoms with van der Waals surface area (Å²) in [4.78, 5) is 4.04. The van der Waals surface area contributed by atoms with Gasteiger partial charge in [0.05, 0.1) is 6.33 Å². The fourth-order valence-electron chi connectivity index (χ4n) is 2.13. The maximum Gasteiger partial charge on any atom is 0.0945 e. The molecule has 0 bridgehead atoms. The van der Waals surface area contributed by atoms with Crippen LogP contribution < -0.4 is 5.32 Å².